The fourth-order valence-electron chi connectivity index (χ4n) is 6.01. The van der Waals surface area contributed by atoms with Gasteiger partial charge >= 0.3 is 0 Å². The second-order valence-electron chi connectivity index (χ2n) is 10.1. The van der Waals surface area contributed by atoms with Crippen molar-refractivity contribution >= 4 is 0 Å². The van der Waals surface area contributed by atoms with E-state index in [0.717, 1.165) is 24.3 Å². The van der Waals surface area contributed by atoms with Gasteiger partial charge in [0.2, 0.25) is 0 Å². The largest absolute Gasteiger partial charge is 0.207 e. The molecule has 2 fully saturated rings. The summed E-state index contributed by atoms with van der Waals surface area (Å²) in [5.41, 5.74) is 1.58. The van der Waals surface area contributed by atoms with Crippen molar-refractivity contribution in [1.82, 2.24) is 0 Å². The van der Waals surface area contributed by atoms with E-state index in [2.05, 4.69) is 30.9 Å². The molecule has 0 aliphatic heterocycles. The summed E-state index contributed by atoms with van der Waals surface area (Å²) in [6, 6.07) is 8.18. The molecular formula is C32H35F3. The lowest BCUT2D eigenvalue weighted by atomic mass is 9.64. The fraction of sp³-hybridized carbons (Fsp3) is 0.438. The molecule has 2 aromatic carbocycles. The van der Waals surface area contributed by atoms with Gasteiger partial charge in [-0.15, -0.1) is 0 Å². The van der Waals surface area contributed by atoms with Gasteiger partial charge in [-0.3, -0.25) is 0 Å². The van der Waals surface area contributed by atoms with Crippen LogP contribution in [0, 0.1) is 47.0 Å². The maximum absolute atomic E-state index is 15.1. The third-order valence-electron chi connectivity index (χ3n) is 7.88. The molecule has 0 saturated heterocycles. The van der Waals surface area contributed by atoms with E-state index in [4.69, 9.17) is 0 Å². The first-order valence-electron chi connectivity index (χ1n) is 13.0. The second-order valence-corrected chi connectivity index (χ2v) is 10.1. The van der Waals surface area contributed by atoms with E-state index in [1.807, 2.05) is 25.1 Å². The minimum atomic E-state index is -0.937. The maximum atomic E-state index is 15.1. The highest BCUT2D eigenvalue weighted by molar-refractivity contribution is 5.46. The van der Waals surface area contributed by atoms with Gasteiger partial charge in [0.25, 0.3) is 0 Å². The van der Waals surface area contributed by atoms with E-state index in [1.165, 1.54) is 37.8 Å². The Hall–Kier alpha value is -2.73. The van der Waals surface area contributed by atoms with Gasteiger partial charge in [-0.2, -0.15) is 0 Å². The van der Waals surface area contributed by atoms with Gasteiger partial charge in [-0.1, -0.05) is 48.3 Å². The molecule has 0 bridgehead atoms. The second kappa shape index (κ2) is 11.8. The van der Waals surface area contributed by atoms with Crippen LogP contribution in [0.15, 0.2) is 54.6 Å². The van der Waals surface area contributed by atoms with Gasteiger partial charge < -0.3 is 0 Å². The first-order valence-corrected chi connectivity index (χ1v) is 13.0. The molecule has 0 N–H and O–H groups in total. The summed E-state index contributed by atoms with van der Waals surface area (Å²) in [5, 5.41) is 0. The average molecular weight is 477 g/mol. The molecule has 2 aromatic rings. The van der Waals surface area contributed by atoms with Crippen LogP contribution in [0.3, 0.4) is 0 Å². The summed E-state index contributed by atoms with van der Waals surface area (Å²) >= 11 is 0. The molecule has 4 unspecified atom stereocenters. The van der Waals surface area contributed by atoms with Gasteiger partial charge in [-0.05, 0) is 118 Å². The van der Waals surface area contributed by atoms with Crippen molar-refractivity contribution in [3.8, 4) is 11.8 Å². The number of rotatable bonds is 5. The molecule has 0 amide bonds. The van der Waals surface area contributed by atoms with Crippen LogP contribution in [-0.2, 0) is 6.42 Å². The monoisotopic (exact) mass is 476 g/mol. The summed E-state index contributed by atoms with van der Waals surface area (Å²) < 4.78 is 44.0. The van der Waals surface area contributed by atoms with Crippen LogP contribution in [0.1, 0.15) is 87.0 Å². The molecule has 35 heavy (non-hydrogen) atoms. The Morgan fingerprint density at radius 3 is 2.43 bits per heavy atom. The van der Waals surface area contributed by atoms with E-state index in [9.17, 15) is 8.78 Å². The first kappa shape index (κ1) is 25.4. The highest BCUT2D eigenvalue weighted by Crippen LogP contribution is 2.48. The summed E-state index contributed by atoms with van der Waals surface area (Å²) in [6.45, 7) is 3.99. The SMILES string of the molecule is C/C=C/CCc1ccc(C#Cc2ccc(C3CCC4CC(/C=C/C)CCC4C3)c(F)c2)c(F)c1F. The molecule has 184 valence electrons. The van der Waals surface area contributed by atoms with Crippen molar-refractivity contribution in [2.75, 3.05) is 0 Å². The Morgan fingerprint density at radius 1 is 0.857 bits per heavy atom. The molecule has 2 aliphatic carbocycles. The number of fused-ring (bicyclic) bond motifs is 1. The normalized spacial score (nSPS) is 24.4. The first-order chi connectivity index (χ1) is 17.0. The number of hydrogen-bond donors (Lipinski definition) is 0. The van der Waals surface area contributed by atoms with Crippen molar-refractivity contribution in [3.63, 3.8) is 0 Å². The lowest BCUT2D eigenvalue weighted by molar-refractivity contribution is 0.132. The fourth-order valence-corrected chi connectivity index (χ4v) is 6.01. The van der Waals surface area contributed by atoms with E-state index in [1.54, 1.807) is 12.1 Å². The Labute approximate surface area is 208 Å². The number of hydrogen-bond acceptors (Lipinski definition) is 0. The summed E-state index contributed by atoms with van der Waals surface area (Å²) in [6.07, 6.45) is 16.4. The van der Waals surface area contributed by atoms with Crippen LogP contribution >= 0.6 is 0 Å². The average Bonchev–Trinajstić information content (AvgIpc) is 2.86. The zero-order chi connectivity index (χ0) is 24.8. The smallest absolute Gasteiger partial charge is 0.174 e. The Kier molecular flexibility index (Phi) is 8.55. The third-order valence-corrected chi connectivity index (χ3v) is 7.88. The van der Waals surface area contributed by atoms with Crippen LogP contribution in [0.5, 0.6) is 0 Å². The quantitative estimate of drug-likeness (QED) is 0.299. The van der Waals surface area contributed by atoms with Crippen molar-refractivity contribution in [2.45, 2.75) is 71.1 Å². The predicted molar refractivity (Wildman–Crippen MR) is 138 cm³/mol. The number of allylic oxidation sites excluding steroid dienone is 4. The number of benzene rings is 2. The van der Waals surface area contributed by atoms with Crippen molar-refractivity contribution in [1.29, 1.82) is 0 Å². The minimum absolute atomic E-state index is 0.00592. The molecule has 4 atom stereocenters. The van der Waals surface area contributed by atoms with Crippen molar-refractivity contribution in [2.24, 2.45) is 17.8 Å². The maximum Gasteiger partial charge on any atom is 0.174 e. The molecular weight excluding hydrogens is 441 g/mol. The van der Waals surface area contributed by atoms with E-state index >= 15 is 4.39 Å². The molecule has 0 nitrogen and oxygen atoms in total. The topological polar surface area (TPSA) is 0 Å². The Balaban J connectivity index is 1.43. The summed E-state index contributed by atoms with van der Waals surface area (Å²) in [7, 11) is 0. The Bertz CT molecular complexity index is 1150. The molecule has 3 heteroatoms. The number of aryl methyl sites for hydroxylation is 1. The Morgan fingerprint density at radius 2 is 1.66 bits per heavy atom. The zero-order valence-corrected chi connectivity index (χ0v) is 20.8. The van der Waals surface area contributed by atoms with Gasteiger partial charge in [-0.25, -0.2) is 13.2 Å². The van der Waals surface area contributed by atoms with Crippen LogP contribution in [0.2, 0.25) is 0 Å². The molecule has 0 aromatic heterocycles. The van der Waals surface area contributed by atoms with Crippen molar-refractivity contribution < 1.29 is 13.2 Å². The van der Waals surface area contributed by atoms with E-state index in [-0.39, 0.29) is 17.3 Å². The lowest BCUT2D eigenvalue weighted by Gasteiger charge is -2.41. The highest BCUT2D eigenvalue weighted by atomic mass is 19.2. The third kappa shape index (κ3) is 6.10. The molecule has 0 radical (unpaired) electrons. The van der Waals surface area contributed by atoms with Crippen LogP contribution in [-0.4, -0.2) is 0 Å². The summed E-state index contributed by atoms with van der Waals surface area (Å²) in [5.74, 6) is 5.89. The molecule has 2 aliphatic rings. The van der Waals surface area contributed by atoms with Gasteiger partial charge in [0.15, 0.2) is 11.6 Å². The van der Waals surface area contributed by atoms with Crippen LogP contribution in [0.4, 0.5) is 13.2 Å². The summed E-state index contributed by atoms with van der Waals surface area (Å²) in [4.78, 5) is 0. The van der Waals surface area contributed by atoms with Gasteiger partial charge in [0.1, 0.15) is 5.82 Å². The standard InChI is InChI=1S/C32H35F3/c1-3-5-6-8-24-14-15-25(32(35)31(24)34)12-9-23-11-18-29(30(33)20-23)28-17-16-26-19-22(7-4-2)10-13-27(26)21-28/h3-5,7,11,14-15,18,20,22,26-28H,6,8,10,13,16-17,19,21H2,1-2H3/b5-3+,7-4+. The van der Waals surface area contributed by atoms with E-state index in [0.29, 0.717) is 35.8 Å². The molecule has 2 saturated carbocycles. The molecule has 0 heterocycles. The van der Waals surface area contributed by atoms with Crippen molar-refractivity contribution in [3.05, 3.63) is 94.3 Å². The van der Waals surface area contributed by atoms with Gasteiger partial charge in [0.05, 0.1) is 5.56 Å². The van der Waals surface area contributed by atoms with Crippen LogP contribution < -0.4 is 0 Å². The highest BCUT2D eigenvalue weighted by Gasteiger charge is 2.36. The minimum Gasteiger partial charge on any atom is -0.207 e. The molecule has 4 rings (SSSR count). The lowest BCUT2D eigenvalue weighted by Crippen LogP contribution is -2.30. The van der Waals surface area contributed by atoms with Crippen LogP contribution in [0.25, 0.3) is 0 Å². The molecule has 0 spiro atoms. The van der Waals surface area contributed by atoms with E-state index < -0.39 is 11.6 Å². The number of halogens is 3. The van der Waals surface area contributed by atoms with Gasteiger partial charge in [0, 0.05) is 5.56 Å². The zero-order valence-electron chi connectivity index (χ0n) is 20.8. The predicted octanol–water partition coefficient (Wildman–Crippen LogP) is 8.89.